The summed E-state index contributed by atoms with van der Waals surface area (Å²) >= 11 is 0. The van der Waals surface area contributed by atoms with Crippen molar-refractivity contribution in [2.75, 3.05) is 4.81 Å². The molecule has 0 radical (unpaired) electrons. The van der Waals surface area contributed by atoms with Crippen molar-refractivity contribution in [3.05, 3.63) is 181 Å². The van der Waals surface area contributed by atoms with Crippen molar-refractivity contribution < 1.29 is 0 Å². The van der Waals surface area contributed by atoms with E-state index in [2.05, 4.69) is 163 Å². The van der Waals surface area contributed by atoms with Crippen LogP contribution in [0.1, 0.15) is 30.8 Å². The lowest BCUT2D eigenvalue weighted by Crippen LogP contribution is -2.64. The molecule has 5 nitrogen and oxygen atoms in total. The van der Waals surface area contributed by atoms with Gasteiger partial charge in [-0.3, -0.25) is 0 Å². The van der Waals surface area contributed by atoms with Gasteiger partial charge in [-0.05, 0) is 69.5 Å². The summed E-state index contributed by atoms with van der Waals surface area (Å²) < 4.78 is 2.44. The predicted molar refractivity (Wildman–Crippen MR) is 211 cm³/mol. The van der Waals surface area contributed by atoms with E-state index in [0.29, 0.717) is 17.5 Å². The van der Waals surface area contributed by atoms with E-state index in [4.69, 9.17) is 15.0 Å². The SMILES string of the molecule is CC1(C)c2ccccc2-c2cc3c(cc21)N1C=CC(c2nc(-c4ccccc4)nc(-c4ccc(-c5ccccc5)cc4)n2)=CB1N1C=CC=CB31. The zero-order valence-corrected chi connectivity index (χ0v) is 28.5. The van der Waals surface area contributed by atoms with Crippen molar-refractivity contribution >= 4 is 30.6 Å². The highest BCUT2D eigenvalue weighted by Gasteiger charge is 2.45. The van der Waals surface area contributed by atoms with E-state index in [1.165, 1.54) is 39.0 Å². The number of aromatic nitrogens is 3. The first-order valence-electron chi connectivity index (χ1n) is 17.6. The minimum absolute atomic E-state index is 0.0563. The molecule has 0 unspecified atom stereocenters. The third kappa shape index (κ3) is 4.76. The van der Waals surface area contributed by atoms with Gasteiger partial charge in [-0.1, -0.05) is 147 Å². The number of hydrogen-bond acceptors (Lipinski definition) is 5. The minimum atomic E-state index is -0.0786. The number of hydrogen-bond donors (Lipinski definition) is 0. The number of nitrogens with zero attached hydrogens (tertiary/aromatic N) is 5. The van der Waals surface area contributed by atoms with Gasteiger partial charge in [-0.25, -0.2) is 15.0 Å². The van der Waals surface area contributed by atoms with Crippen LogP contribution in [0.4, 0.5) is 5.69 Å². The van der Waals surface area contributed by atoms with Gasteiger partial charge in [0.15, 0.2) is 17.5 Å². The standard InChI is InChI=1S/C44H33B2N5/c1-44(2)37-18-10-9-17-35(37)36-27-39-40(28-38(36)44)50-26-23-34(29-46(50)51-25-12-11-24-45(39)51)43-48-41(32-15-7-4-8-16-32)47-42(49-43)33-21-19-31(20-22-33)30-13-5-3-6-14-30/h3-29H,1-2H3. The van der Waals surface area contributed by atoms with E-state index in [0.717, 1.165) is 22.3 Å². The van der Waals surface area contributed by atoms with E-state index >= 15 is 0 Å². The van der Waals surface area contributed by atoms with Crippen LogP contribution in [0.5, 0.6) is 0 Å². The summed E-state index contributed by atoms with van der Waals surface area (Å²) in [6.07, 6.45) is 10.9. The molecule has 4 heterocycles. The minimum Gasteiger partial charge on any atom is -0.437 e. The lowest BCUT2D eigenvalue weighted by Gasteiger charge is -2.46. The molecule has 1 aromatic heterocycles. The van der Waals surface area contributed by atoms with Gasteiger partial charge >= 0.3 is 13.8 Å². The molecular formula is C44H33B2N5. The fraction of sp³-hybridized carbons (Fsp3) is 0.0682. The highest BCUT2D eigenvalue weighted by atomic mass is 15.2. The van der Waals surface area contributed by atoms with Crippen molar-refractivity contribution in [3.8, 4) is 45.0 Å². The number of rotatable bonds is 4. The van der Waals surface area contributed by atoms with Gasteiger partial charge in [0.2, 0.25) is 0 Å². The van der Waals surface area contributed by atoms with Crippen LogP contribution in [-0.2, 0) is 5.41 Å². The molecule has 0 amide bonds. The second kappa shape index (κ2) is 11.4. The Morgan fingerprint density at radius 2 is 1.20 bits per heavy atom. The number of benzene rings is 5. The summed E-state index contributed by atoms with van der Waals surface area (Å²) in [5, 5.41) is 0. The molecule has 3 aliphatic heterocycles. The van der Waals surface area contributed by atoms with Crippen LogP contribution >= 0.6 is 0 Å². The van der Waals surface area contributed by atoms with Crippen molar-refractivity contribution in [3.63, 3.8) is 0 Å². The Hall–Kier alpha value is -6.20. The zero-order valence-electron chi connectivity index (χ0n) is 28.5. The van der Waals surface area contributed by atoms with Gasteiger partial charge < -0.3 is 9.53 Å². The predicted octanol–water partition coefficient (Wildman–Crippen LogP) is 8.76. The molecule has 0 fully saturated rings. The van der Waals surface area contributed by atoms with Crippen LogP contribution in [0.15, 0.2) is 164 Å². The van der Waals surface area contributed by atoms with Crippen molar-refractivity contribution in [2.24, 2.45) is 0 Å². The lowest BCUT2D eigenvalue weighted by molar-refractivity contribution is 0.660. The summed E-state index contributed by atoms with van der Waals surface area (Å²) in [5.41, 5.74) is 13.1. The van der Waals surface area contributed by atoms with E-state index in [-0.39, 0.29) is 19.2 Å². The average Bonchev–Trinajstić information content (AvgIpc) is 3.43. The molecule has 0 bridgehead atoms. The van der Waals surface area contributed by atoms with Gasteiger partial charge in [0.05, 0.1) is 0 Å². The lowest BCUT2D eigenvalue weighted by atomic mass is 9.42. The number of allylic oxidation sites excluding steroid dienone is 4. The Kier molecular flexibility index (Phi) is 6.65. The van der Waals surface area contributed by atoms with E-state index in [9.17, 15) is 0 Å². The Morgan fingerprint density at radius 3 is 1.96 bits per heavy atom. The average molecular weight is 653 g/mol. The van der Waals surface area contributed by atoms with Crippen LogP contribution in [0.25, 0.3) is 50.6 Å². The topological polar surface area (TPSA) is 45.2 Å². The second-order valence-electron chi connectivity index (χ2n) is 14.1. The molecule has 51 heavy (non-hydrogen) atoms. The molecule has 7 heteroatoms. The first-order valence-corrected chi connectivity index (χ1v) is 17.6. The third-order valence-corrected chi connectivity index (χ3v) is 10.8. The maximum atomic E-state index is 5.12. The molecule has 240 valence electrons. The Labute approximate surface area is 299 Å². The Balaban J connectivity index is 1.08. The Bertz CT molecular complexity index is 2470. The molecule has 4 aliphatic rings. The van der Waals surface area contributed by atoms with Crippen LogP contribution < -0.4 is 10.3 Å². The molecule has 10 rings (SSSR count). The molecule has 0 saturated heterocycles. The highest BCUT2D eigenvalue weighted by molar-refractivity contribution is 6.91. The summed E-state index contributed by atoms with van der Waals surface area (Å²) in [6, 6.07) is 42.9. The van der Waals surface area contributed by atoms with Crippen molar-refractivity contribution in [1.29, 1.82) is 0 Å². The van der Waals surface area contributed by atoms with E-state index < -0.39 is 0 Å². The molecule has 0 atom stereocenters. The second-order valence-corrected chi connectivity index (χ2v) is 14.1. The zero-order chi connectivity index (χ0) is 34.1. The van der Waals surface area contributed by atoms with Gasteiger partial charge in [-0.15, -0.1) is 0 Å². The molecule has 5 aromatic carbocycles. The fourth-order valence-corrected chi connectivity index (χ4v) is 8.18. The quantitative estimate of drug-likeness (QED) is 0.178. The van der Waals surface area contributed by atoms with Crippen LogP contribution in [0, 0.1) is 0 Å². The fourth-order valence-electron chi connectivity index (χ4n) is 8.18. The first-order chi connectivity index (χ1) is 25.0. The summed E-state index contributed by atoms with van der Waals surface area (Å²) in [6.45, 7) is 4.75. The molecule has 0 spiro atoms. The maximum Gasteiger partial charge on any atom is 0.395 e. The molecule has 0 N–H and O–H groups in total. The van der Waals surface area contributed by atoms with E-state index in [1.807, 2.05) is 24.3 Å². The third-order valence-electron chi connectivity index (χ3n) is 10.8. The van der Waals surface area contributed by atoms with Crippen LogP contribution in [-0.4, -0.2) is 33.5 Å². The molecule has 1 aliphatic carbocycles. The van der Waals surface area contributed by atoms with E-state index in [1.54, 1.807) is 0 Å². The van der Waals surface area contributed by atoms with Gasteiger partial charge in [-0.2, -0.15) is 0 Å². The largest absolute Gasteiger partial charge is 0.437 e. The van der Waals surface area contributed by atoms with Gasteiger partial charge in [0, 0.05) is 27.8 Å². The van der Waals surface area contributed by atoms with Gasteiger partial charge in [0.25, 0.3) is 0 Å². The van der Waals surface area contributed by atoms with Crippen molar-refractivity contribution in [1.82, 2.24) is 19.7 Å². The normalized spacial score (nSPS) is 15.9. The van der Waals surface area contributed by atoms with Gasteiger partial charge in [0.1, 0.15) is 0 Å². The summed E-state index contributed by atoms with van der Waals surface area (Å²) in [4.78, 5) is 17.6. The Morgan fingerprint density at radius 1 is 0.569 bits per heavy atom. The highest BCUT2D eigenvalue weighted by Crippen LogP contribution is 2.50. The summed E-state index contributed by atoms with van der Waals surface area (Å²) in [5.74, 6) is 6.59. The molecular weight excluding hydrogens is 620 g/mol. The number of fused-ring (bicyclic) bond motifs is 9. The monoisotopic (exact) mass is 653 g/mol. The van der Waals surface area contributed by atoms with Crippen LogP contribution in [0.2, 0.25) is 0 Å². The first kappa shape index (κ1) is 29.7. The maximum absolute atomic E-state index is 5.12. The van der Waals surface area contributed by atoms with Crippen LogP contribution in [0.3, 0.4) is 0 Å². The smallest absolute Gasteiger partial charge is 0.395 e. The molecule has 6 aromatic rings. The molecule has 0 saturated carbocycles. The summed E-state index contributed by atoms with van der Waals surface area (Å²) in [7, 11) is 0. The van der Waals surface area contributed by atoms with Crippen molar-refractivity contribution in [2.45, 2.75) is 19.3 Å². The number of anilines is 1.